The van der Waals surface area contributed by atoms with E-state index in [0.29, 0.717) is 13.1 Å². The maximum atomic E-state index is 9.76. The molecule has 0 radical (unpaired) electrons. The summed E-state index contributed by atoms with van der Waals surface area (Å²) in [6.07, 6.45) is -0.334. The molecule has 0 saturated heterocycles. The Morgan fingerprint density at radius 1 is 1.41 bits per heavy atom. The molecule has 96 valence electrons. The van der Waals surface area contributed by atoms with Crippen molar-refractivity contribution in [2.45, 2.75) is 19.1 Å². The molecule has 0 aromatic heterocycles. The van der Waals surface area contributed by atoms with Crippen molar-refractivity contribution < 1.29 is 5.11 Å². The van der Waals surface area contributed by atoms with Crippen LogP contribution in [0.5, 0.6) is 0 Å². The second-order valence-electron chi connectivity index (χ2n) is 4.60. The summed E-state index contributed by atoms with van der Waals surface area (Å²) in [5, 5.41) is 13.1. The third-order valence-electron chi connectivity index (χ3n) is 2.58. The van der Waals surface area contributed by atoms with Crippen molar-refractivity contribution in [1.29, 1.82) is 0 Å². The van der Waals surface area contributed by atoms with Crippen LogP contribution in [0.15, 0.2) is 28.7 Å². The molecule has 0 aliphatic carbocycles. The first-order valence-corrected chi connectivity index (χ1v) is 6.60. The molecule has 2 N–H and O–H groups in total. The fraction of sp³-hybridized carbons (Fsp3) is 0.538. The lowest BCUT2D eigenvalue weighted by atomic mass is 10.1. The SMILES string of the molecule is CC(NCC(O)CN(C)C)c1cccc(Br)c1. The Bertz CT molecular complexity index is 344. The molecule has 0 amide bonds. The Morgan fingerprint density at radius 2 is 2.12 bits per heavy atom. The average Bonchev–Trinajstić information content (AvgIpc) is 2.25. The van der Waals surface area contributed by atoms with Gasteiger partial charge in [0.25, 0.3) is 0 Å². The van der Waals surface area contributed by atoms with Crippen LogP contribution in [-0.2, 0) is 0 Å². The molecule has 2 unspecified atom stereocenters. The van der Waals surface area contributed by atoms with Crippen molar-refractivity contribution in [1.82, 2.24) is 10.2 Å². The monoisotopic (exact) mass is 300 g/mol. The van der Waals surface area contributed by atoms with Crippen LogP contribution in [-0.4, -0.2) is 43.3 Å². The lowest BCUT2D eigenvalue weighted by Crippen LogP contribution is -2.36. The zero-order valence-corrected chi connectivity index (χ0v) is 12.2. The molecular formula is C13H21BrN2O. The summed E-state index contributed by atoms with van der Waals surface area (Å²) in [6.45, 7) is 3.38. The second-order valence-corrected chi connectivity index (χ2v) is 5.52. The highest BCUT2D eigenvalue weighted by Gasteiger charge is 2.09. The minimum Gasteiger partial charge on any atom is -0.390 e. The summed E-state index contributed by atoms with van der Waals surface area (Å²) in [5.41, 5.74) is 1.22. The Labute approximate surface area is 112 Å². The molecular weight excluding hydrogens is 280 g/mol. The summed E-state index contributed by atoms with van der Waals surface area (Å²) < 4.78 is 1.08. The Morgan fingerprint density at radius 3 is 2.71 bits per heavy atom. The van der Waals surface area contributed by atoms with Gasteiger partial charge in [-0.3, -0.25) is 0 Å². The fourth-order valence-electron chi connectivity index (χ4n) is 1.69. The van der Waals surface area contributed by atoms with Gasteiger partial charge in [-0.15, -0.1) is 0 Å². The van der Waals surface area contributed by atoms with Crippen LogP contribution in [0.3, 0.4) is 0 Å². The normalized spacial score (nSPS) is 14.9. The van der Waals surface area contributed by atoms with E-state index in [2.05, 4.69) is 40.3 Å². The molecule has 0 heterocycles. The maximum Gasteiger partial charge on any atom is 0.0791 e. The number of likely N-dealkylation sites (N-methyl/N-ethyl adjacent to an activating group) is 1. The van der Waals surface area contributed by atoms with Crippen LogP contribution >= 0.6 is 15.9 Å². The van der Waals surface area contributed by atoms with E-state index >= 15 is 0 Å². The van der Waals surface area contributed by atoms with E-state index in [0.717, 1.165) is 4.47 Å². The van der Waals surface area contributed by atoms with E-state index in [1.165, 1.54) is 5.56 Å². The topological polar surface area (TPSA) is 35.5 Å². The van der Waals surface area contributed by atoms with Crippen molar-refractivity contribution >= 4 is 15.9 Å². The summed E-state index contributed by atoms with van der Waals surface area (Å²) in [6, 6.07) is 8.45. The van der Waals surface area contributed by atoms with E-state index in [-0.39, 0.29) is 12.1 Å². The van der Waals surface area contributed by atoms with Gasteiger partial charge >= 0.3 is 0 Å². The number of rotatable bonds is 6. The molecule has 4 heteroatoms. The first kappa shape index (κ1) is 14.6. The van der Waals surface area contributed by atoms with Crippen molar-refractivity contribution in [3.8, 4) is 0 Å². The highest BCUT2D eigenvalue weighted by Crippen LogP contribution is 2.17. The lowest BCUT2D eigenvalue weighted by molar-refractivity contribution is 0.132. The van der Waals surface area contributed by atoms with Gasteiger partial charge in [-0.25, -0.2) is 0 Å². The Kier molecular flexibility index (Phi) is 6.12. The molecule has 17 heavy (non-hydrogen) atoms. The predicted octanol–water partition coefficient (Wildman–Crippen LogP) is 2.02. The van der Waals surface area contributed by atoms with Crippen molar-refractivity contribution in [2.75, 3.05) is 27.2 Å². The summed E-state index contributed by atoms with van der Waals surface area (Å²) in [4.78, 5) is 1.98. The van der Waals surface area contributed by atoms with Crippen LogP contribution in [0.2, 0.25) is 0 Å². The number of nitrogens with zero attached hydrogens (tertiary/aromatic N) is 1. The minimum absolute atomic E-state index is 0.240. The van der Waals surface area contributed by atoms with Gasteiger partial charge in [-0.05, 0) is 38.7 Å². The predicted molar refractivity (Wildman–Crippen MR) is 75.1 cm³/mol. The highest BCUT2D eigenvalue weighted by atomic mass is 79.9. The molecule has 0 saturated carbocycles. The first-order valence-electron chi connectivity index (χ1n) is 5.80. The zero-order valence-electron chi connectivity index (χ0n) is 10.7. The van der Waals surface area contributed by atoms with E-state index < -0.39 is 0 Å². The van der Waals surface area contributed by atoms with Gasteiger partial charge in [0.2, 0.25) is 0 Å². The van der Waals surface area contributed by atoms with Crippen molar-refractivity contribution in [2.24, 2.45) is 0 Å². The Balaban J connectivity index is 2.42. The quantitative estimate of drug-likeness (QED) is 0.844. The molecule has 1 rings (SSSR count). The molecule has 3 nitrogen and oxygen atoms in total. The Hall–Kier alpha value is -0.420. The smallest absolute Gasteiger partial charge is 0.0791 e. The standard InChI is InChI=1S/C13H21BrN2O/c1-10(11-5-4-6-12(14)7-11)15-8-13(17)9-16(2)3/h4-7,10,13,15,17H,8-9H2,1-3H3. The molecule has 0 fully saturated rings. The van der Waals surface area contributed by atoms with Crippen LogP contribution in [0.25, 0.3) is 0 Å². The number of benzene rings is 1. The second kappa shape index (κ2) is 7.11. The highest BCUT2D eigenvalue weighted by molar-refractivity contribution is 9.10. The summed E-state index contributed by atoms with van der Waals surface area (Å²) in [5.74, 6) is 0. The fourth-order valence-corrected chi connectivity index (χ4v) is 2.11. The number of aliphatic hydroxyl groups excluding tert-OH is 1. The number of nitrogens with one attached hydrogen (secondary N) is 1. The number of hydrogen-bond acceptors (Lipinski definition) is 3. The van der Waals surface area contributed by atoms with Gasteiger partial charge in [0.15, 0.2) is 0 Å². The van der Waals surface area contributed by atoms with Gasteiger partial charge < -0.3 is 15.3 Å². The molecule has 0 aliphatic heterocycles. The summed E-state index contributed by atoms with van der Waals surface area (Å²) in [7, 11) is 3.92. The molecule has 0 aliphatic rings. The van der Waals surface area contributed by atoms with E-state index in [1.807, 2.05) is 31.1 Å². The van der Waals surface area contributed by atoms with Crippen molar-refractivity contribution in [3.05, 3.63) is 34.3 Å². The summed E-state index contributed by atoms with van der Waals surface area (Å²) >= 11 is 3.46. The third kappa shape index (κ3) is 5.64. The average molecular weight is 301 g/mol. The molecule has 0 spiro atoms. The van der Waals surface area contributed by atoms with Crippen LogP contribution in [0.4, 0.5) is 0 Å². The van der Waals surface area contributed by atoms with E-state index in [1.54, 1.807) is 0 Å². The largest absolute Gasteiger partial charge is 0.390 e. The van der Waals surface area contributed by atoms with Crippen molar-refractivity contribution in [3.63, 3.8) is 0 Å². The minimum atomic E-state index is -0.334. The first-order chi connectivity index (χ1) is 7.99. The molecule has 2 atom stereocenters. The number of halogens is 1. The van der Waals surface area contributed by atoms with Crippen LogP contribution in [0.1, 0.15) is 18.5 Å². The van der Waals surface area contributed by atoms with Crippen LogP contribution < -0.4 is 5.32 Å². The zero-order chi connectivity index (χ0) is 12.8. The molecule has 1 aromatic carbocycles. The molecule has 1 aromatic rings. The number of hydrogen-bond donors (Lipinski definition) is 2. The van der Waals surface area contributed by atoms with Gasteiger partial charge in [-0.1, -0.05) is 28.1 Å². The maximum absolute atomic E-state index is 9.76. The lowest BCUT2D eigenvalue weighted by Gasteiger charge is -2.20. The number of aliphatic hydroxyl groups is 1. The van der Waals surface area contributed by atoms with Crippen LogP contribution in [0, 0.1) is 0 Å². The van der Waals surface area contributed by atoms with Gasteiger partial charge in [0, 0.05) is 23.6 Å². The van der Waals surface area contributed by atoms with E-state index in [4.69, 9.17) is 0 Å². The third-order valence-corrected chi connectivity index (χ3v) is 3.08. The van der Waals surface area contributed by atoms with E-state index in [9.17, 15) is 5.11 Å². The van der Waals surface area contributed by atoms with Gasteiger partial charge in [0.1, 0.15) is 0 Å². The van der Waals surface area contributed by atoms with Gasteiger partial charge in [0.05, 0.1) is 6.10 Å². The van der Waals surface area contributed by atoms with Gasteiger partial charge in [-0.2, -0.15) is 0 Å². The molecule has 0 bridgehead atoms.